The number of hydrogen-bond acceptors (Lipinski definition) is 16. The van der Waals surface area contributed by atoms with Crippen LogP contribution in [-0.2, 0) is 21.4 Å². The number of unbranched alkanes of at least 4 members (excludes halogenated alkanes) is 5. The zero-order valence-corrected chi connectivity index (χ0v) is 45.1. The molecule has 0 saturated carbocycles. The van der Waals surface area contributed by atoms with E-state index < -0.39 is 35.4 Å². The third kappa shape index (κ3) is 14.3. The lowest BCUT2D eigenvalue weighted by Gasteiger charge is -2.35. The number of thiazole rings is 1. The molecule has 0 unspecified atom stereocenters. The van der Waals surface area contributed by atoms with Crippen LogP contribution in [0.3, 0.4) is 0 Å². The van der Waals surface area contributed by atoms with E-state index in [1.54, 1.807) is 53.7 Å². The Morgan fingerprint density at radius 3 is 2.28 bits per heavy atom. The average molecular weight is 1060 g/mol. The Morgan fingerprint density at radius 2 is 1.62 bits per heavy atom. The van der Waals surface area contributed by atoms with Gasteiger partial charge in [-0.25, -0.2) is 15.0 Å². The first kappa shape index (κ1) is 55.9. The molecular formula is C54H68N14O7S. The Morgan fingerprint density at radius 1 is 0.868 bits per heavy atom. The number of aliphatic hydroxyl groups is 1. The van der Waals surface area contributed by atoms with Gasteiger partial charge >= 0.3 is 0 Å². The third-order valence-electron chi connectivity index (χ3n) is 13.0. The molecule has 4 aromatic heterocycles. The number of nitrogens with one attached hydrogen (secondary N) is 6. The number of benzene rings is 2. The first-order chi connectivity index (χ1) is 36.4. The van der Waals surface area contributed by atoms with Crippen LogP contribution in [0, 0.1) is 12.3 Å². The quantitative estimate of drug-likeness (QED) is 0.0326. The number of methoxy groups -OCH3 is 1. The Labute approximate surface area is 446 Å². The number of ether oxygens (including phenoxy) is 1. The lowest BCUT2D eigenvalue weighted by atomic mass is 9.85. The van der Waals surface area contributed by atoms with Crippen LogP contribution < -0.4 is 36.6 Å². The summed E-state index contributed by atoms with van der Waals surface area (Å²) < 4.78 is 7.33. The number of carbonyl (C=O) groups excluding carboxylic acids is 5. The summed E-state index contributed by atoms with van der Waals surface area (Å²) in [6.45, 7) is 9.95. The van der Waals surface area contributed by atoms with Crippen LogP contribution in [0.1, 0.15) is 117 Å². The van der Waals surface area contributed by atoms with Gasteiger partial charge in [0.15, 0.2) is 23.1 Å². The molecule has 4 atom stereocenters. The van der Waals surface area contributed by atoms with Gasteiger partial charge in [0.05, 0.1) is 57.8 Å². The highest BCUT2D eigenvalue weighted by molar-refractivity contribution is 7.13. The SMILES string of the molecule is CNC(=O)c1nnc(Nc2ccc(C(=O)NCCCCCCCCC(=O)N[C@H](C(=O)N3C[C@H](O)C[C@H]3C(=O)N[C@@H](C)c3ccc(-c4scnc4C)cc3)C(C)(C)C)cn2)cc1Nc1cccc(-c2ncn(C)n2)c1OC. The summed E-state index contributed by atoms with van der Waals surface area (Å²) in [6.07, 6.45) is 7.48. The van der Waals surface area contributed by atoms with Gasteiger partial charge in [-0.1, -0.05) is 76.8 Å². The fraction of sp³-hybridized carbons (Fsp3) is 0.426. The van der Waals surface area contributed by atoms with Crippen LogP contribution in [0.5, 0.6) is 5.75 Å². The van der Waals surface area contributed by atoms with Crippen molar-refractivity contribution in [2.75, 3.05) is 37.9 Å². The van der Waals surface area contributed by atoms with Crippen molar-refractivity contribution >= 4 is 63.9 Å². The van der Waals surface area contributed by atoms with Crippen molar-refractivity contribution in [1.82, 2.24) is 61.1 Å². The molecule has 1 fully saturated rings. The van der Waals surface area contributed by atoms with Gasteiger partial charge in [-0.15, -0.1) is 21.5 Å². The average Bonchev–Trinajstić information content (AvgIpc) is 4.16. The summed E-state index contributed by atoms with van der Waals surface area (Å²) in [6, 6.07) is 16.2. The van der Waals surface area contributed by atoms with Gasteiger partial charge < -0.3 is 46.6 Å². The van der Waals surface area contributed by atoms with E-state index in [0.29, 0.717) is 52.9 Å². The first-order valence-corrected chi connectivity index (χ1v) is 26.3. The minimum Gasteiger partial charge on any atom is -0.494 e. The number of pyridine rings is 1. The van der Waals surface area contributed by atoms with Crippen LogP contribution in [-0.4, -0.2) is 120 Å². The molecule has 21 nitrogen and oxygen atoms in total. The number of carbonyl (C=O) groups is 5. The van der Waals surface area contributed by atoms with E-state index in [9.17, 15) is 29.1 Å². The largest absolute Gasteiger partial charge is 0.494 e. The van der Waals surface area contributed by atoms with Gasteiger partial charge in [0.2, 0.25) is 17.7 Å². The summed E-state index contributed by atoms with van der Waals surface area (Å²) >= 11 is 1.57. The summed E-state index contributed by atoms with van der Waals surface area (Å²) in [5.74, 6) is -0.0944. The number of anilines is 4. The fourth-order valence-electron chi connectivity index (χ4n) is 8.88. The second-order valence-corrected chi connectivity index (χ2v) is 20.7. The molecule has 6 aromatic rings. The molecule has 7 N–H and O–H groups in total. The molecule has 2 aromatic carbocycles. The van der Waals surface area contributed by atoms with E-state index in [2.05, 4.69) is 62.1 Å². The number of likely N-dealkylation sites (tertiary alicyclic amines) is 1. The molecule has 7 rings (SSSR count). The third-order valence-corrected chi connectivity index (χ3v) is 14.0. The second kappa shape index (κ2) is 25.6. The molecule has 0 radical (unpaired) electrons. The highest BCUT2D eigenvalue weighted by Gasteiger charge is 2.44. The number of amides is 5. The number of aromatic nitrogens is 7. The van der Waals surface area contributed by atoms with E-state index in [0.717, 1.165) is 53.8 Å². The monoisotopic (exact) mass is 1060 g/mol. The Balaban J connectivity index is 0.813. The summed E-state index contributed by atoms with van der Waals surface area (Å²) in [7, 11) is 4.80. The summed E-state index contributed by atoms with van der Waals surface area (Å²) in [5.41, 5.74) is 6.02. The number of rotatable bonds is 23. The first-order valence-electron chi connectivity index (χ1n) is 25.4. The summed E-state index contributed by atoms with van der Waals surface area (Å²) in [4.78, 5) is 82.4. The topological polar surface area (TPSA) is 272 Å². The van der Waals surface area contributed by atoms with Crippen molar-refractivity contribution in [2.45, 2.75) is 110 Å². The van der Waals surface area contributed by atoms with Gasteiger partial charge in [0.1, 0.15) is 24.2 Å². The molecule has 22 heteroatoms. The van der Waals surface area contributed by atoms with Gasteiger partial charge in [-0.3, -0.25) is 28.7 Å². The second-order valence-electron chi connectivity index (χ2n) is 19.9. The standard InChI is InChI=1S/C54H68N14O7S/c1-32(34-19-21-35(22-20-34)47-33(2)59-31-76-47)60-51(72)41-26-37(69)29-68(41)53(74)48(54(3,4)5)63-44(70)18-13-11-9-10-12-14-25-56-50(71)36-23-24-42(57-28-36)62-43-27-40(45(65-64-43)52(73)55-6)61-39-17-15-16-38(46(39)75-8)49-58-30-67(7)66-49/h15-17,19-24,27-28,30-32,37,41,48,69H,9-14,18,25-26,29H2,1-8H3,(H,55,73)(H,56,71)(H,60,72)(H,63,70)(H2,57,61,62,64)/t32-,37+,41-,48+/m0/s1. The number of hydrogen-bond donors (Lipinski definition) is 7. The van der Waals surface area contributed by atoms with Crippen molar-refractivity contribution in [2.24, 2.45) is 12.5 Å². The number of aryl methyl sites for hydroxylation is 2. The van der Waals surface area contributed by atoms with E-state index in [-0.39, 0.29) is 54.7 Å². The molecule has 1 saturated heterocycles. The summed E-state index contributed by atoms with van der Waals surface area (Å²) in [5, 5.41) is 41.3. The molecule has 0 spiro atoms. The van der Waals surface area contributed by atoms with E-state index in [1.807, 2.05) is 76.5 Å². The maximum Gasteiger partial charge on any atom is 0.273 e. The molecule has 1 aliphatic rings. The predicted octanol–water partition coefficient (Wildman–Crippen LogP) is 6.79. The van der Waals surface area contributed by atoms with Gasteiger partial charge in [0.25, 0.3) is 11.8 Å². The minimum absolute atomic E-state index is 0.000608. The molecule has 0 aliphatic carbocycles. The van der Waals surface area contributed by atoms with E-state index >= 15 is 0 Å². The van der Waals surface area contributed by atoms with Crippen LogP contribution in [0.2, 0.25) is 0 Å². The molecule has 0 bridgehead atoms. The molecule has 1 aliphatic heterocycles. The lowest BCUT2D eigenvalue weighted by molar-refractivity contribution is -0.144. The minimum atomic E-state index is -0.897. The Bertz CT molecular complexity index is 2980. The normalized spacial score (nSPS) is 15.1. The van der Waals surface area contributed by atoms with Crippen molar-refractivity contribution in [3.8, 4) is 27.6 Å². The van der Waals surface area contributed by atoms with Crippen LogP contribution in [0.4, 0.5) is 23.0 Å². The smallest absolute Gasteiger partial charge is 0.273 e. The van der Waals surface area contributed by atoms with Gasteiger partial charge in [-0.2, -0.15) is 5.10 Å². The number of β-amino-alcohol motifs (C(OH)–C–C–N with tert-alkyl or cyclic N) is 1. The highest BCUT2D eigenvalue weighted by atomic mass is 32.1. The Hall–Kier alpha value is -7.85. The molecule has 5 amide bonds. The highest BCUT2D eigenvalue weighted by Crippen LogP contribution is 2.37. The van der Waals surface area contributed by atoms with Crippen LogP contribution >= 0.6 is 11.3 Å². The number of nitrogens with zero attached hydrogens (tertiary/aromatic N) is 8. The number of para-hydroxylation sites is 1. The van der Waals surface area contributed by atoms with E-state index in [4.69, 9.17) is 4.74 Å². The van der Waals surface area contributed by atoms with Gasteiger partial charge in [0, 0.05) is 52.3 Å². The van der Waals surface area contributed by atoms with Crippen LogP contribution in [0.15, 0.2) is 78.7 Å². The molecular weight excluding hydrogens is 989 g/mol. The maximum atomic E-state index is 14.1. The fourth-order valence-corrected chi connectivity index (χ4v) is 9.69. The maximum absolute atomic E-state index is 14.1. The van der Waals surface area contributed by atoms with Gasteiger partial charge in [-0.05, 0) is 67.5 Å². The predicted molar refractivity (Wildman–Crippen MR) is 290 cm³/mol. The zero-order chi connectivity index (χ0) is 54.5. The van der Waals surface area contributed by atoms with Crippen molar-refractivity contribution < 1.29 is 33.8 Å². The Kier molecular flexibility index (Phi) is 18.8. The van der Waals surface area contributed by atoms with Crippen molar-refractivity contribution in [3.05, 3.63) is 101 Å². The lowest BCUT2D eigenvalue weighted by Crippen LogP contribution is -2.57. The van der Waals surface area contributed by atoms with Crippen molar-refractivity contribution in [1.29, 1.82) is 0 Å². The molecule has 5 heterocycles. The zero-order valence-electron chi connectivity index (χ0n) is 44.3. The van der Waals surface area contributed by atoms with Crippen LogP contribution in [0.25, 0.3) is 21.8 Å². The molecule has 402 valence electrons. The van der Waals surface area contributed by atoms with Crippen molar-refractivity contribution in [3.63, 3.8) is 0 Å². The number of aliphatic hydroxyl groups excluding tert-OH is 1. The molecule has 76 heavy (non-hydrogen) atoms. The van der Waals surface area contributed by atoms with E-state index in [1.165, 1.54) is 25.3 Å².